The van der Waals surface area contributed by atoms with Crippen molar-refractivity contribution in [2.75, 3.05) is 4.90 Å². The highest BCUT2D eigenvalue weighted by Crippen LogP contribution is 2.43. The van der Waals surface area contributed by atoms with Crippen molar-refractivity contribution >= 4 is 29.1 Å². The van der Waals surface area contributed by atoms with E-state index in [9.17, 15) is 14.7 Å². The number of rotatable bonds is 1. The Morgan fingerprint density at radius 1 is 1.30 bits per heavy atom. The molecule has 0 radical (unpaired) electrons. The molecule has 1 aliphatic carbocycles. The minimum atomic E-state index is -0.342. The van der Waals surface area contributed by atoms with Crippen molar-refractivity contribution in [3.05, 3.63) is 35.4 Å². The molecule has 3 rings (SSSR count). The van der Waals surface area contributed by atoms with Crippen LogP contribution in [0.3, 0.4) is 0 Å². The average molecular weight is 292 g/mol. The zero-order valence-electron chi connectivity index (χ0n) is 10.9. The van der Waals surface area contributed by atoms with Crippen LogP contribution < -0.4 is 4.90 Å². The molecule has 104 valence electrons. The third-order valence-electron chi connectivity index (χ3n) is 4.05. The highest BCUT2D eigenvalue weighted by molar-refractivity contribution is 6.31. The molecule has 1 aliphatic heterocycles. The van der Waals surface area contributed by atoms with Crippen molar-refractivity contribution in [2.24, 2.45) is 17.8 Å². The number of nitrogens with zero attached hydrogens (tertiary/aromatic N) is 1. The Kier molecular flexibility index (Phi) is 3.05. The fourth-order valence-electron chi connectivity index (χ4n) is 3.06. The van der Waals surface area contributed by atoms with Gasteiger partial charge in [0.1, 0.15) is 5.75 Å². The molecule has 2 amide bonds. The monoisotopic (exact) mass is 291 g/mol. The molecule has 1 fully saturated rings. The van der Waals surface area contributed by atoms with Gasteiger partial charge in [-0.05, 0) is 30.5 Å². The van der Waals surface area contributed by atoms with E-state index in [0.717, 1.165) is 4.90 Å². The third-order valence-corrected chi connectivity index (χ3v) is 4.29. The Morgan fingerprint density at radius 3 is 2.75 bits per heavy atom. The average Bonchev–Trinajstić information content (AvgIpc) is 2.66. The summed E-state index contributed by atoms with van der Waals surface area (Å²) in [5, 5.41) is 10.3. The first kappa shape index (κ1) is 13.2. The number of aromatic hydroxyl groups is 1. The van der Waals surface area contributed by atoms with Crippen molar-refractivity contribution in [1.29, 1.82) is 0 Å². The lowest BCUT2D eigenvalue weighted by molar-refractivity contribution is -0.122. The molecule has 1 saturated heterocycles. The van der Waals surface area contributed by atoms with Crippen LogP contribution >= 0.6 is 11.6 Å². The smallest absolute Gasteiger partial charge is 0.238 e. The molecule has 5 heteroatoms. The number of phenols is 1. The molecule has 1 aromatic rings. The van der Waals surface area contributed by atoms with E-state index in [4.69, 9.17) is 11.6 Å². The van der Waals surface area contributed by atoms with Gasteiger partial charge in [-0.2, -0.15) is 0 Å². The Balaban J connectivity index is 2.06. The van der Waals surface area contributed by atoms with Gasteiger partial charge in [0.2, 0.25) is 11.8 Å². The summed E-state index contributed by atoms with van der Waals surface area (Å²) in [6, 6.07) is 4.35. The number of hydrogen-bond acceptors (Lipinski definition) is 3. The first-order valence-electron chi connectivity index (χ1n) is 6.53. The summed E-state index contributed by atoms with van der Waals surface area (Å²) < 4.78 is 0. The van der Waals surface area contributed by atoms with E-state index >= 15 is 0 Å². The fraction of sp³-hybridized carbons (Fsp3) is 0.333. The molecular weight excluding hydrogens is 278 g/mol. The predicted octanol–water partition coefficient (Wildman–Crippen LogP) is 2.75. The van der Waals surface area contributed by atoms with Gasteiger partial charge in [-0.3, -0.25) is 9.59 Å². The summed E-state index contributed by atoms with van der Waals surface area (Å²) in [5.41, 5.74) is 0.175. The summed E-state index contributed by atoms with van der Waals surface area (Å²) >= 11 is 5.90. The van der Waals surface area contributed by atoms with Crippen LogP contribution in [0.15, 0.2) is 30.4 Å². The molecule has 4 nitrogen and oxygen atoms in total. The standard InChI is InChI=1S/C15H14ClNO3/c1-8-3-2-4-10-13(8)15(20)17(14(10)19)11-7-9(16)5-6-12(11)18/h2-3,5-8,10,13,18H,4H2,1H3/t8-,10-,13+/m0/s1. The molecule has 0 spiro atoms. The van der Waals surface area contributed by atoms with Gasteiger partial charge in [0, 0.05) is 5.02 Å². The lowest BCUT2D eigenvalue weighted by atomic mass is 9.78. The molecule has 0 aromatic heterocycles. The number of phenolic OH excluding ortho intramolecular Hbond substituents is 1. The second kappa shape index (κ2) is 4.63. The number of anilines is 1. The summed E-state index contributed by atoms with van der Waals surface area (Å²) in [4.78, 5) is 26.1. The van der Waals surface area contributed by atoms with E-state index in [1.54, 1.807) is 0 Å². The lowest BCUT2D eigenvalue weighted by Crippen LogP contribution is -2.31. The van der Waals surface area contributed by atoms with Gasteiger partial charge in [-0.1, -0.05) is 30.7 Å². The first-order valence-corrected chi connectivity index (χ1v) is 6.91. The van der Waals surface area contributed by atoms with Gasteiger partial charge < -0.3 is 5.11 Å². The minimum absolute atomic E-state index is 0.0246. The van der Waals surface area contributed by atoms with E-state index in [-0.39, 0.29) is 41.0 Å². The zero-order valence-corrected chi connectivity index (χ0v) is 11.7. The van der Waals surface area contributed by atoms with Gasteiger partial charge in [0.15, 0.2) is 0 Å². The first-order chi connectivity index (χ1) is 9.50. The van der Waals surface area contributed by atoms with E-state index in [2.05, 4.69) is 0 Å². The molecule has 1 N–H and O–H groups in total. The van der Waals surface area contributed by atoms with Crippen molar-refractivity contribution in [1.82, 2.24) is 0 Å². The van der Waals surface area contributed by atoms with Crippen LogP contribution in [0.2, 0.25) is 5.02 Å². The van der Waals surface area contributed by atoms with Gasteiger partial charge in [-0.15, -0.1) is 0 Å². The number of halogens is 1. The Labute approximate surface area is 121 Å². The molecule has 0 unspecified atom stereocenters. The van der Waals surface area contributed by atoms with Gasteiger partial charge in [0.25, 0.3) is 0 Å². The topological polar surface area (TPSA) is 57.6 Å². The van der Waals surface area contributed by atoms with Crippen LogP contribution in [0.4, 0.5) is 5.69 Å². The Morgan fingerprint density at radius 2 is 2.05 bits per heavy atom. The van der Waals surface area contributed by atoms with Crippen LogP contribution in [-0.4, -0.2) is 16.9 Å². The van der Waals surface area contributed by atoms with Crippen LogP contribution in [0, 0.1) is 17.8 Å². The van der Waals surface area contributed by atoms with Crippen molar-refractivity contribution in [3.63, 3.8) is 0 Å². The predicted molar refractivity (Wildman–Crippen MR) is 75.5 cm³/mol. The van der Waals surface area contributed by atoms with E-state index < -0.39 is 0 Å². The molecule has 1 aromatic carbocycles. The maximum Gasteiger partial charge on any atom is 0.238 e. The number of benzene rings is 1. The molecule has 3 atom stereocenters. The third kappa shape index (κ3) is 1.83. The quantitative estimate of drug-likeness (QED) is 0.639. The SMILES string of the molecule is C[C@H]1C=CC[C@@H]2C(=O)N(c3cc(Cl)ccc3O)C(=O)[C@@H]21. The van der Waals surface area contributed by atoms with Gasteiger partial charge >= 0.3 is 0 Å². The van der Waals surface area contributed by atoms with E-state index in [1.807, 2.05) is 19.1 Å². The number of hydrogen-bond donors (Lipinski definition) is 1. The Bertz CT molecular complexity index is 626. The summed E-state index contributed by atoms with van der Waals surface area (Å²) in [6.07, 6.45) is 4.48. The number of amides is 2. The Hall–Kier alpha value is -1.81. The number of carbonyl (C=O) groups is 2. The van der Waals surface area contributed by atoms with Crippen LogP contribution in [0.25, 0.3) is 0 Å². The van der Waals surface area contributed by atoms with Crippen molar-refractivity contribution < 1.29 is 14.7 Å². The lowest BCUT2D eigenvalue weighted by Gasteiger charge is -2.22. The van der Waals surface area contributed by atoms with Gasteiger partial charge in [-0.25, -0.2) is 4.90 Å². The normalized spacial score (nSPS) is 28.9. The number of imide groups is 1. The maximum absolute atomic E-state index is 12.5. The minimum Gasteiger partial charge on any atom is -0.506 e. The van der Waals surface area contributed by atoms with Crippen molar-refractivity contribution in [2.45, 2.75) is 13.3 Å². The van der Waals surface area contributed by atoms with Crippen LogP contribution in [-0.2, 0) is 9.59 Å². The molecule has 0 bridgehead atoms. The summed E-state index contributed by atoms with van der Waals surface area (Å²) in [7, 11) is 0. The number of carbonyl (C=O) groups excluding carboxylic acids is 2. The molecule has 0 saturated carbocycles. The summed E-state index contributed by atoms with van der Waals surface area (Å²) in [5.74, 6) is -1.28. The molecule has 2 aliphatic rings. The highest BCUT2D eigenvalue weighted by Gasteiger charge is 2.50. The summed E-state index contributed by atoms with van der Waals surface area (Å²) in [6.45, 7) is 1.93. The molecular formula is C15H14ClNO3. The van der Waals surface area contributed by atoms with E-state index in [1.165, 1.54) is 18.2 Å². The maximum atomic E-state index is 12.5. The van der Waals surface area contributed by atoms with Crippen LogP contribution in [0.1, 0.15) is 13.3 Å². The fourth-order valence-corrected chi connectivity index (χ4v) is 3.23. The van der Waals surface area contributed by atoms with Gasteiger partial charge in [0.05, 0.1) is 17.5 Å². The van der Waals surface area contributed by atoms with E-state index in [0.29, 0.717) is 11.4 Å². The largest absolute Gasteiger partial charge is 0.506 e. The highest BCUT2D eigenvalue weighted by atomic mass is 35.5. The number of allylic oxidation sites excluding steroid dienone is 2. The second-order valence-corrected chi connectivity index (χ2v) is 5.74. The van der Waals surface area contributed by atoms with Crippen LogP contribution in [0.5, 0.6) is 5.75 Å². The second-order valence-electron chi connectivity index (χ2n) is 5.30. The molecule has 1 heterocycles. The van der Waals surface area contributed by atoms with Crippen molar-refractivity contribution in [3.8, 4) is 5.75 Å². The molecule has 20 heavy (non-hydrogen) atoms. The zero-order chi connectivity index (χ0) is 14.4. The number of fused-ring (bicyclic) bond motifs is 1.